The Morgan fingerprint density at radius 2 is 2.19 bits per heavy atom. The minimum absolute atomic E-state index is 0.0607. The van der Waals surface area contributed by atoms with Crippen LogP contribution < -0.4 is 10.6 Å². The molecule has 0 bridgehead atoms. The van der Waals surface area contributed by atoms with Crippen LogP contribution in [0.3, 0.4) is 0 Å². The van der Waals surface area contributed by atoms with Crippen molar-refractivity contribution in [2.45, 2.75) is 6.42 Å². The van der Waals surface area contributed by atoms with Gasteiger partial charge in [0, 0.05) is 30.0 Å². The Morgan fingerprint density at radius 3 is 2.81 bits per heavy atom. The molecule has 0 saturated carbocycles. The van der Waals surface area contributed by atoms with Crippen LogP contribution in [0.1, 0.15) is 27.3 Å². The molecule has 2 aromatic heterocycles. The van der Waals surface area contributed by atoms with Crippen molar-refractivity contribution in [3.8, 4) is 0 Å². The van der Waals surface area contributed by atoms with Gasteiger partial charge in [-0.15, -0.1) is 0 Å². The van der Waals surface area contributed by atoms with Crippen molar-refractivity contribution >= 4 is 34.9 Å². The van der Waals surface area contributed by atoms with Crippen molar-refractivity contribution < 1.29 is 19.5 Å². The number of anilines is 1. The van der Waals surface area contributed by atoms with Gasteiger partial charge in [-0.1, -0.05) is 0 Å². The Morgan fingerprint density at radius 1 is 1.38 bits per heavy atom. The number of rotatable bonds is 6. The van der Waals surface area contributed by atoms with Gasteiger partial charge in [-0.25, -0.2) is 4.79 Å². The van der Waals surface area contributed by atoms with Crippen molar-refractivity contribution in [2.24, 2.45) is 0 Å². The summed E-state index contributed by atoms with van der Waals surface area (Å²) < 4.78 is 0. The van der Waals surface area contributed by atoms with Crippen LogP contribution in [-0.4, -0.2) is 39.6 Å². The van der Waals surface area contributed by atoms with Crippen molar-refractivity contribution in [1.29, 1.82) is 0 Å². The number of carboxylic acid groups (broad SMARTS) is 1. The number of aromatic nitrogens is 2. The van der Waals surface area contributed by atoms with E-state index in [0.29, 0.717) is 5.56 Å². The van der Waals surface area contributed by atoms with Gasteiger partial charge >= 0.3 is 5.97 Å². The van der Waals surface area contributed by atoms with E-state index >= 15 is 0 Å². The van der Waals surface area contributed by atoms with Crippen LogP contribution in [0, 0.1) is 0 Å². The van der Waals surface area contributed by atoms with E-state index in [1.165, 1.54) is 17.4 Å². The van der Waals surface area contributed by atoms with Crippen LogP contribution in [0.15, 0.2) is 22.9 Å². The number of carbonyl (C=O) groups excluding carboxylic acids is 2. The first kappa shape index (κ1) is 14.7. The largest absolute Gasteiger partial charge is 0.477 e. The molecule has 0 fully saturated rings. The Labute approximate surface area is 123 Å². The molecule has 2 amide bonds. The highest BCUT2D eigenvalue weighted by Crippen LogP contribution is 2.06. The summed E-state index contributed by atoms with van der Waals surface area (Å²) in [6, 6.07) is 2.90. The summed E-state index contributed by atoms with van der Waals surface area (Å²) >= 11 is 1.41. The number of aromatic amines is 1. The first-order valence-corrected chi connectivity index (χ1v) is 6.89. The lowest BCUT2D eigenvalue weighted by Crippen LogP contribution is -2.27. The molecule has 0 saturated heterocycles. The molecule has 0 radical (unpaired) electrons. The molecule has 8 nitrogen and oxygen atoms in total. The highest BCUT2D eigenvalue weighted by molar-refractivity contribution is 7.08. The normalized spacial score (nSPS) is 10.1. The maximum Gasteiger partial charge on any atom is 0.353 e. The van der Waals surface area contributed by atoms with Crippen molar-refractivity contribution in [3.05, 3.63) is 34.2 Å². The zero-order valence-corrected chi connectivity index (χ0v) is 11.6. The lowest BCUT2D eigenvalue weighted by Gasteiger charge is -2.03. The van der Waals surface area contributed by atoms with Gasteiger partial charge in [0.15, 0.2) is 5.82 Å². The Balaban J connectivity index is 1.74. The number of aromatic carboxylic acids is 1. The average Bonchev–Trinajstić information content (AvgIpc) is 3.09. The van der Waals surface area contributed by atoms with Gasteiger partial charge in [0.1, 0.15) is 5.69 Å². The number of nitrogens with one attached hydrogen (secondary N) is 3. The molecule has 0 aromatic carbocycles. The maximum absolute atomic E-state index is 11.6. The standard InChI is InChI=1S/C12H12N4O4S/c17-10(14-9-5-8(12(19)20)15-16-9)1-3-13-11(18)7-2-4-21-6-7/h2,4-6H,1,3H2,(H,13,18)(H,19,20)(H2,14,15,16,17). The predicted molar refractivity (Wildman–Crippen MR) is 75.4 cm³/mol. The number of hydrogen-bond donors (Lipinski definition) is 4. The number of H-pyrrole nitrogens is 1. The molecule has 9 heteroatoms. The molecule has 4 N–H and O–H groups in total. The molecule has 2 aromatic rings. The number of thiophene rings is 1. The third-order valence-corrected chi connectivity index (χ3v) is 3.18. The Bertz CT molecular complexity index is 650. The lowest BCUT2D eigenvalue weighted by atomic mass is 10.3. The number of amides is 2. The first-order chi connectivity index (χ1) is 10.1. The van der Waals surface area contributed by atoms with Crippen molar-refractivity contribution in [3.63, 3.8) is 0 Å². The molecule has 0 spiro atoms. The van der Waals surface area contributed by atoms with Crippen LogP contribution in [-0.2, 0) is 4.79 Å². The number of carbonyl (C=O) groups is 3. The summed E-state index contributed by atoms with van der Waals surface area (Å²) in [5.41, 5.74) is 0.440. The first-order valence-electron chi connectivity index (χ1n) is 5.95. The molecule has 0 unspecified atom stereocenters. The minimum atomic E-state index is -1.16. The predicted octanol–water partition coefficient (Wildman–Crippen LogP) is 0.928. The SMILES string of the molecule is O=C(CCNC(=O)c1ccsc1)Nc1cc(C(=O)O)[nH]n1. The third-order valence-electron chi connectivity index (χ3n) is 2.50. The van der Waals surface area contributed by atoms with Crippen LogP contribution in [0.5, 0.6) is 0 Å². The van der Waals surface area contributed by atoms with E-state index in [0.717, 1.165) is 0 Å². The summed E-state index contributed by atoms with van der Waals surface area (Å²) in [6.07, 6.45) is 0.0607. The second-order valence-corrected chi connectivity index (χ2v) is 4.82. The second-order valence-electron chi connectivity index (χ2n) is 4.04. The minimum Gasteiger partial charge on any atom is -0.477 e. The van der Waals surface area contributed by atoms with Gasteiger partial charge in [0.2, 0.25) is 5.91 Å². The number of nitrogens with zero attached hydrogens (tertiary/aromatic N) is 1. The zero-order chi connectivity index (χ0) is 15.2. The highest BCUT2D eigenvalue weighted by Gasteiger charge is 2.11. The van der Waals surface area contributed by atoms with Crippen LogP contribution >= 0.6 is 11.3 Å². The van der Waals surface area contributed by atoms with Gasteiger partial charge in [0.25, 0.3) is 5.91 Å². The average molecular weight is 308 g/mol. The van der Waals surface area contributed by atoms with E-state index in [-0.39, 0.29) is 36.3 Å². The molecule has 0 atom stereocenters. The van der Waals surface area contributed by atoms with E-state index in [1.54, 1.807) is 16.8 Å². The topological polar surface area (TPSA) is 124 Å². The quantitative estimate of drug-likeness (QED) is 0.632. The van der Waals surface area contributed by atoms with E-state index in [4.69, 9.17) is 5.11 Å². The van der Waals surface area contributed by atoms with Crippen LogP contribution in [0.2, 0.25) is 0 Å². The molecule has 21 heavy (non-hydrogen) atoms. The fourth-order valence-corrected chi connectivity index (χ4v) is 2.12. The number of carboxylic acids is 1. The van der Waals surface area contributed by atoms with Gasteiger partial charge < -0.3 is 15.7 Å². The van der Waals surface area contributed by atoms with Gasteiger partial charge in [-0.05, 0) is 11.4 Å². The summed E-state index contributed by atoms with van der Waals surface area (Å²) in [7, 11) is 0. The highest BCUT2D eigenvalue weighted by atomic mass is 32.1. The number of hydrogen-bond acceptors (Lipinski definition) is 5. The van der Waals surface area contributed by atoms with Crippen LogP contribution in [0.4, 0.5) is 5.82 Å². The van der Waals surface area contributed by atoms with E-state index in [2.05, 4.69) is 20.8 Å². The summed E-state index contributed by atoms with van der Waals surface area (Å²) in [5.74, 6) is -1.64. The lowest BCUT2D eigenvalue weighted by molar-refractivity contribution is -0.116. The molecule has 0 aliphatic carbocycles. The molecule has 0 aliphatic rings. The smallest absolute Gasteiger partial charge is 0.353 e. The molecule has 2 heterocycles. The summed E-state index contributed by atoms with van der Waals surface area (Å²) in [6.45, 7) is 0.177. The second kappa shape index (κ2) is 6.66. The van der Waals surface area contributed by atoms with Gasteiger partial charge in [-0.2, -0.15) is 16.4 Å². The van der Waals surface area contributed by atoms with E-state index in [1.807, 2.05) is 0 Å². The van der Waals surface area contributed by atoms with Crippen LogP contribution in [0.25, 0.3) is 0 Å². The monoisotopic (exact) mass is 308 g/mol. The fraction of sp³-hybridized carbons (Fsp3) is 0.167. The third kappa shape index (κ3) is 4.14. The van der Waals surface area contributed by atoms with Gasteiger partial charge in [0.05, 0.1) is 0 Å². The fourth-order valence-electron chi connectivity index (χ4n) is 1.49. The molecular formula is C12H12N4O4S. The Hall–Kier alpha value is -2.68. The van der Waals surface area contributed by atoms with Gasteiger partial charge in [-0.3, -0.25) is 14.7 Å². The Kier molecular flexibility index (Phi) is 4.67. The van der Waals surface area contributed by atoms with Crippen molar-refractivity contribution in [2.75, 3.05) is 11.9 Å². The molecule has 0 aliphatic heterocycles. The van der Waals surface area contributed by atoms with E-state index in [9.17, 15) is 14.4 Å². The molecular weight excluding hydrogens is 296 g/mol. The molecule has 2 rings (SSSR count). The molecule has 110 valence electrons. The summed E-state index contributed by atoms with van der Waals surface area (Å²) in [5, 5.41) is 23.2. The van der Waals surface area contributed by atoms with Crippen molar-refractivity contribution in [1.82, 2.24) is 15.5 Å². The zero-order valence-electron chi connectivity index (χ0n) is 10.8. The van der Waals surface area contributed by atoms with E-state index < -0.39 is 5.97 Å². The summed E-state index contributed by atoms with van der Waals surface area (Å²) in [4.78, 5) is 33.8. The maximum atomic E-state index is 11.6.